The lowest BCUT2D eigenvalue weighted by Gasteiger charge is -2.23. The van der Waals surface area contributed by atoms with Gasteiger partial charge in [-0.1, -0.05) is 0 Å². The minimum absolute atomic E-state index is 0.551. The molecular weight excluding hydrogens is 246 g/mol. The Balaban J connectivity index is 4.25. The summed E-state index contributed by atoms with van der Waals surface area (Å²) in [7, 11) is 0. The molecule has 0 aromatic heterocycles. The maximum absolute atomic E-state index is 5.51. The zero-order chi connectivity index (χ0) is 10.5. The standard InChI is InChI=1S/C6H16O3P2S2/c1-5-7-10(3,12)9-11(4,13)8-6-2/h5-6H2,1-4H3. The van der Waals surface area contributed by atoms with Gasteiger partial charge in [0.15, 0.2) is 13.0 Å². The van der Waals surface area contributed by atoms with Gasteiger partial charge in [-0.25, -0.2) is 0 Å². The van der Waals surface area contributed by atoms with E-state index < -0.39 is 13.0 Å². The molecule has 2 atom stereocenters. The molecule has 0 aromatic rings. The van der Waals surface area contributed by atoms with Gasteiger partial charge >= 0.3 is 0 Å². The fraction of sp³-hybridized carbons (Fsp3) is 1.00. The fourth-order valence-corrected chi connectivity index (χ4v) is 7.56. The molecule has 0 saturated heterocycles. The Labute approximate surface area is 90.5 Å². The fourth-order valence-electron chi connectivity index (χ4n) is 0.786. The lowest BCUT2D eigenvalue weighted by Crippen LogP contribution is -1.95. The Morgan fingerprint density at radius 2 is 1.23 bits per heavy atom. The largest absolute Gasteiger partial charge is 0.330 e. The first-order valence-electron chi connectivity index (χ1n) is 3.98. The lowest BCUT2D eigenvalue weighted by atomic mass is 10.9. The second kappa shape index (κ2) is 5.92. The average molecular weight is 262 g/mol. The first-order chi connectivity index (χ1) is 5.83. The van der Waals surface area contributed by atoms with E-state index in [2.05, 4.69) is 0 Å². The second-order valence-corrected chi connectivity index (χ2v) is 10.7. The predicted molar refractivity (Wildman–Crippen MR) is 64.8 cm³/mol. The molecule has 0 aliphatic rings. The normalized spacial score (nSPS) is 20.6. The van der Waals surface area contributed by atoms with Crippen LogP contribution in [0.25, 0.3) is 0 Å². The maximum atomic E-state index is 5.51. The third kappa shape index (κ3) is 7.15. The summed E-state index contributed by atoms with van der Waals surface area (Å²) in [5.74, 6) is 0. The summed E-state index contributed by atoms with van der Waals surface area (Å²) in [5.41, 5.74) is 0. The van der Waals surface area contributed by atoms with E-state index in [0.29, 0.717) is 13.2 Å². The van der Waals surface area contributed by atoms with E-state index in [4.69, 9.17) is 37.0 Å². The zero-order valence-corrected chi connectivity index (χ0v) is 11.8. The van der Waals surface area contributed by atoms with Crippen molar-refractivity contribution in [1.29, 1.82) is 0 Å². The Kier molecular flexibility index (Phi) is 6.45. The average Bonchev–Trinajstić information content (AvgIpc) is 1.82. The van der Waals surface area contributed by atoms with Crippen molar-refractivity contribution < 1.29 is 13.4 Å². The van der Waals surface area contributed by atoms with Gasteiger partial charge in [-0.2, -0.15) is 0 Å². The second-order valence-electron chi connectivity index (χ2n) is 2.46. The summed E-state index contributed by atoms with van der Waals surface area (Å²) in [6.07, 6.45) is 0. The minimum atomic E-state index is -2.19. The molecule has 0 bridgehead atoms. The molecule has 3 nitrogen and oxygen atoms in total. The summed E-state index contributed by atoms with van der Waals surface area (Å²) in [6.45, 7) is 4.03. The Morgan fingerprint density at radius 1 is 0.923 bits per heavy atom. The van der Waals surface area contributed by atoms with Crippen molar-refractivity contribution in [2.45, 2.75) is 13.8 Å². The molecule has 2 unspecified atom stereocenters. The van der Waals surface area contributed by atoms with Gasteiger partial charge in [-0.3, -0.25) is 4.31 Å². The van der Waals surface area contributed by atoms with Gasteiger partial charge in [0.1, 0.15) is 0 Å². The molecule has 0 amide bonds. The summed E-state index contributed by atoms with van der Waals surface area (Å²) in [4.78, 5) is 0. The summed E-state index contributed by atoms with van der Waals surface area (Å²) in [6, 6.07) is 0. The van der Waals surface area contributed by atoms with Gasteiger partial charge in [-0.15, -0.1) is 0 Å². The van der Waals surface area contributed by atoms with Gasteiger partial charge < -0.3 is 9.05 Å². The van der Waals surface area contributed by atoms with Crippen LogP contribution in [0.3, 0.4) is 0 Å². The molecule has 80 valence electrons. The van der Waals surface area contributed by atoms with Crippen LogP contribution in [0.2, 0.25) is 0 Å². The van der Waals surface area contributed by atoms with Crippen LogP contribution in [0, 0.1) is 0 Å². The van der Waals surface area contributed by atoms with E-state index in [0.717, 1.165) is 0 Å². The molecule has 0 aliphatic carbocycles. The van der Waals surface area contributed by atoms with E-state index in [9.17, 15) is 0 Å². The third-order valence-corrected chi connectivity index (χ3v) is 6.68. The SMILES string of the molecule is CCOP(C)(=S)OP(C)(=S)OCC. The van der Waals surface area contributed by atoms with E-state index >= 15 is 0 Å². The van der Waals surface area contributed by atoms with Crippen molar-refractivity contribution in [1.82, 2.24) is 0 Å². The molecule has 13 heavy (non-hydrogen) atoms. The smallest absolute Gasteiger partial charge is 0.191 e. The lowest BCUT2D eigenvalue weighted by molar-refractivity contribution is 0.305. The van der Waals surface area contributed by atoms with Gasteiger partial charge in [0.05, 0.1) is 13.2 Å². The maximum Gasteiger partial charge on any atom is 0.191 e. The summed E-state index contributed by atoms with van der Waals surface area (Å²) >= 11 is 10.3. The molecule has 0 heterocycles. The van der Waals surface area contributed by atoms with Crippen LogP contribution in [-0.4, -0.2) is 26.5 Å². The number of hydrogen-bond acceptors (Lipinski definition) is 5. The van der Waals surface area contributed by atoms with Gasteiger partial charge in [0.2, 0.25) is 0 Å². The molecule has 0 spiro atoms. The van der Waals surface area contributed by atoms with Crippen molar-refractivity contribution in [2.24, 2.45) is 0 Å². The van der Waals surface area contributed by atoms with Crippen LogP contribution in [0.1, 0.15) is 13.8 Å². The third-order valence-electron chi connectivity index (χ3n) is 1.02. The predicted octanol–water partition coefficient (Wildman–Crippen LogP) is 2.95. The highest BCUT2D eigenvalue weighted by molar-refractivity contribution is 8.16. The molecule has 0 fully saturated rings. The van der Waals surface area contributed by atoms with Crippen LogP contribution < -0.4 is 0 Å². The van der Waals surface area contributed by atoms with E-state index in [-0.39, 0.29) is 0 Å². The molecular formula is C6H16O3P2S2. The zero-order valence-electron chi connectivity index (χ0n) is 8.35. The summed E-state index contributed by atoms with van der Waals surface area (Å²) in [5, 5.41) is 0. The van der Waals surface area contributed by atoms with Crippen LogP contribution in [0.4, 0.5) is 0 Å². The highest BCUT2D eigenvalue weighted by Gasteiger charge is 2.20. The van der Waals surface area contributed by atoms with Crippen LogP contribution in [0.5, 0.6) is 0 Å². The van der Waals surface area contributed by atoms with E-state index in [1.165, 1.54) is 0 Å². The molecule has 0 saturated carbocycles. The first-order valence-corrected chi connectivity index (χ1v) is 10.2. The molecule has 0 aromatic carbocycles. The highest BCUT2D eigenvalue weighted by Crippen LogP contribution is 2.61. The summed E-state index contributed by atoms with van der Waals surface area (Å²) < 4.78 is 16.1. The molecule has 0 radical (unpaired) electrons. The first kappa shape index (κ1) is 14.2. The van der Waals surface area contributed by atoms with Crippen LogP contribution in [0.15, 0.2) is 0 Å². The van der Waals surface area contributed by atoms with Gasteiger partial charge in [0, 0.05) is 13.3 Å². The van der Waals surface area contributed by atoms with E-state index in [1.807, 2.05) is 13.8 Å². The topological polar surface area (TPSA) is 27.7 Å². The quantitative estimate of drug-likeness (QED) is 0.686. The number of hydrogen-bond donors (Lipinski definition) is 0. The van der Waals surface area contributed by atoms with Crippen molar-refractivity contribution >= 4 is 36.6 Å². The van der Waals surface area contributed by atoms with Crippen LogP contribution in [-0.2, 0) is 37.0 Å². The minimum Gasteiger partial charge on any atom is -0.330 e. The monoisotopic (exact) mass is 262 g/mol. The van der Waals surface area contributed by atoms with Crippen molar-refractivity contribution in [3.8, 4) is 0 Å². The van der Waals surface area contributed by atoms with Crippen molar-refractivity contribution in [3.05, 3.63) is 0 Å². The molecule has 7 heteroatoms. The Hall–Kier alpha value is 1.18. The van der Waals surface area contributed by atoms with Crippen molar-refractivity contribution in [3.63, 3.8) is 0 Å². The molecule has 0 rings (SSSR count). The number of rotatable bonds is 6. The molecule has 0 N–H and O–H groups in total. The van der Waals surface area contributed by atoms with Gasteiger partial charge in [0.25, 0.3) is 0 Å². The van der Waals surface area contributed by atoms with Crippen molar-refractivity contribution in [2.75, 3.05) is 26.5 Å². The van der Waals surface area contributed by atoms with Gasteiger partial charge in [-0.05, 0) is 37.5 Å². The van der Waals surface area contributed by atoms with E-state index in [1.54, 1.807) is 13.3 Å². The Morgan fingerprint density at radius 3 is 1.46 bits per heavy atom. The highest BCUT2D eigenvalue weighted by atomic mass is 32.5. The Bertz CT molecular complexity index is 220. The molecule has 0 aliphatic heterocycles. The van der Waals surface area contributed by atoms with Crippen LogP contribution >= 0.6 is 13.0 Å².